The first-order chi connectivity index (χ1) is 24.2. The third-order valence-electron chi connectivity index (χ3n) is 9.67. The molecule has 0 spiro atoms. The van der Waals surface area contributed by atoms with Gasteiger partial charge in [-0.2, -0.15) is 0 Å². The number of hydrogen-bond donors (Lipinski definition) is 1. The zero-order valence-corrected chi connectivity index (χ0v) is 26.5. The maximum atomic E-state index is 6.54. The normalized spacial score (nSPS) is 14.7. The Hall–Kier alpha value is -6.52. The van der Waals surface area contributed by atoms with Crippen LogP contribution in [0.15, 0.2) is 178 Å². The van der Waals surface area contributed by atoms with Gasteiger partial charge in [0.25, 0.3) is 0 Å². The summed E-state index contributed by atoms with van der Waals surface area (Å²) in [7, 11) is 0. The molecular formula is C45H29N3O. The minimum absolute atomic E-state index is 0.327. The zero-order valence-electron chi connectivity index (χ0n) is 26.5. The van der Waals surface area contributed by atoms with Gasteiger partial charge in [-0.05, 0) is 85.4 Å². The van der Waals surface area contributed by atoms with E-state index in [0.717, 1.165) is 61.0 Å². The van der Waals surface area contributed by atoms with E-state index in [9.17, 15) is 0 Å². The minimum Gasteiger partial charge on any atom is -0.456 e. The molecular weight excluding hydrogens is 599 g/mol. The highest BCUT2D eigenvalue weighted by Gasteiger charge is 2.24. The van der Waals surface area contributed by atoms with Crippen molar-refractivity contribution < 1.29 is 4.42 Å². The van der Waals surface area contributed by atoms with Crippen molar-refractivity contribution >= 4 is 65.9 Å². The molecule has 0 saturated heterocycles. The van der Waals surface area contributed by atoms with Gasteiger partial charge in [-0.1, -0.05) is 127 Å². The van der Waals surface area contributed by atoms with Gasteiger partial charge in [-0.15, -0.1) is 0 Å². The Morgan fingerprint density at radius 1 is 0.469 bits per heavy atom. The summed E-state index contributed by atoms with van der Waals surface area (Å²) >= 11 is 0. The topological polar surface area (TPSA) is 49.9 Å². The fourth-order valence-corrected chi connectivity index (χ4v) is 7.16. The van der Waals surface area contributed by atoms with E-state index < -0.39 is 0 Å². The van der Waals surface area contributed by atoms with Gasteiger partial charge in [0.05, 0.1) is 0 Å². The number of fused-ring (bicyclic) bond motifs is 6. The van der Waals surface area contributed by atoms with Crippen LogP contribution in [0.1, 0.15) is 22.9 Å². The van der Waals surface area contributed by atoms with E-state index in [2.05, 4.69) is 157 Å². The SMILES string of the molecule is c1ccc2cc(C3=NC(c4ccc5ccccc5c4)NC(c4cccc5oc6cc(-c7ccc8ccccc8c7)ccc6c45)=N3)ccc2c1. The van der Waals surface area contributed by atoms with Gasteiger partial charge in [-0.3, -0.25) is 0 Å². The maximum absolute atomic E-state index is 6.54. The van der Waals surface area contributed by atoms with Crippen molar-refractivity contribution in [2.45, 2.75) is 6.17 Å². The predicted octanol–water partition coefficient (Wildman–Crippen LogP) is 11.2. The number of amidine groups is 2. The molecule has 10 rings (SSSR count). The monoisotopic (exact) mass is 627 g/mol. The van der Waals surface area contributed by atoms with Crippen molar-refractivity contribution in [2.75, 3.05) is 0 Å². The maximum Gasteiger partial charge on any atom is 0.159 e. The summed E-state index contributed by atoms with van der Waals surface area (Å²) < 4.78 is 6.54. The highest BCUT2D eigenvalue weighted by Crippen LogP contribution is 2.36. The second kappa shape index (κ2) is 11.0. The molecule has 2 heterocycles. The van der Waals surface area contributed by atoms with Crippen LogP contribution in [0.4, 0.5) is 0 Å². The molecule has 1 atom stereocenters. The van der Waals surface area contributed by atoms with E-state index in [-0.39, 0.29) is 6.17 Å². The summed E-state index contributed by atoms with van der Waals surface area (Å²) in [6, 6.07) is 57.6. The van der Waals surface area contributed by atoms with Crippen LogP contribution in [-0.4, -0.2) is 11.7 Å². The Morgan fingerprint density at radius 3 is 1.80 bits per heavy atom. The van der Waals surface area contributed by atoms with E-state index in [4.69, 9.17) is 14.4 Å². The van der Waals surface area contributed by atoms with Crippen LogP contribution in [0, 0.1) is 0 Å². The Balaban J connectivity index is 1.12. The molecule has 0 aliphatic carbocycles. The van der Waals surface area contributed by atoms with Crippen molar-refractivity contribution in [3.63, 3.8) is 0 Å². The van der Waals surface area contributed by atoms with Crippen LogP contribution in [0.3, 0.4) is 0 Å². The number of benzene rings is 8. The molecule has 49 heavy (non-hydrogen) atoms. The van der Waals surface area contributed by atoms with Crippen LogP contribution in [-0.2, 0) is 0 Å². The molecule has 9 aromatic rings. The highest BCUT2D eigenvalue weighted by molar-refractivity contribution is 6.22. The molecule has 0 radical (unpaired) electrons. The van der Waals surface area contributed by atoms with Crippen LogP contribution >= 0.6 is 0 Å². The van der Waals surface area contributed by atoms with Gasteiger partial charge in [0.15, 0.2) is 5.84 Å². The van der Waals surface area contributed by atoms with Gasteiger partial charge < -0.3 is 9.73 Å². The second-order valence-electron chi connectivity index (χ2n) is 12.7. The molecule has 1 unspecified atom stereocenters. The van der Waals surface area contributed by atoms with Crippen molar-refractivity contribution in [2.24, 2.45) is 9.98 Å². The molecule has 4 nitrogen and oxygen atoms in total. The van der Waals surface area contributed by atoms with Gasteiger partial charge >= 0.3 is 0 Å². The first kappa shape index (κ1) is 27.6. The number of rotatable bonds is 4. The summed E-state index contributed by atoms with van der Waals surface area (Å²) in [5.74, 6) is 1.46. The van der Waals surface area contributed by atoms with Crippen LogP contribution in [0.2, 0.25) is 0 Å². The third kappa shape index (κ3) is 4.77. The smallest absolute Gasteiger partial charge is 0.159 e. The third-order valence-corrected chi connectivity index (χ3v) is 9.67. The lowest BCUT2D eigenvalue weighted by Gasteiger charge is -2.24. The molecule has 1 N–H and O–H groups in total. The lowest BCUT2D eigenvalue weighted by molar-refractivity contribution is 0.668. The first-order valence-electron chi connectivity index (χ1n) is 16.6. The summed E-state index contributed by atoms with van der Waals surface area (Å²) in [5.41, 5.74) is 6.99. The van der Waals surface area contributed by atoms with Gasteiger partial charge in [0.2, 0.25) is 0 Å². The summed E-state index contributed by atoms with van der Waals surface area (Å²) in [4.78, 5) is 10.4. The van der Waals surface area contributed by atoms with E-state index in [0.29, 0.717) is 5.84 Å². The lowest BCUT2D eigenvalue weighted by Crippen LogP contribution is -2.33. The first-order valence-corrected chi connectivity index (χ1v) is 16.6. The Bertz CT molecular complexity index is 2820. The number of aliphatic imine (C=N–C) groups is 2. The fraction of sp³-hybridized carbons (Fsp3) is 0.0222. The molecule has 8 aromatic carbocycles. The quantitative estimate of drug-likeness (QED) is 0.211. The Labute approximate surface area is 282 Å². The second-order valence-corrected chi connectivity index (χ2v) is 12.7. The molecule has 1 aliphatic heterocycles. The Morgan fingerprint density at radius 2 is 1.06 bits per heavy atom. The number of hydrogen-bond acceptors (Lipinski definition) is 4. The molecule has 1 aliphatic rings. The van der Waals surface area contributed by atoms with Gasteiger partial charge in [0.1, 0.15) is 23.2 Å². The Kier molecular flexibility index (Phi) is 6.21. The van der Waals surface area contributed by atoms with Crippen molar-refractivity contribution in [3.8, 4) is 11.1 Å². The van der Waals surface area contributed by atoms with Crippen LogP contribution in [0.25, 0.3) is 65.4 Å². The summed E-state index contributed by atoms with van der Waals surface area (Å²) in [6.07, 6.45) is -0.327. The molecule has 0 bridgehead atoms. The van der Waals surface area contributed by atoms with Crippen molar-refractivity contribution in [1.29, 1.82) is 0 Å². The molecule has 1 aromatic heterocycles. The molecule has 0 fully saturated rings. The largest absolute Gasteiger partial charge is 0.456 e. The average molecular weight is 628 g/mol. The summed E-state index contributed by atoms with van der Waals surface area (Å²) in [5, 5.41) is 13.0. The fourth-order valence-electron chi connectivity index (χ4n) is 7.16. The number of nitrogens with zero attached hydrogens (tertiary/aromatic N) is 2. The van der Waals surface area contributed by atoms with Gasteiger partial charge in [0, 0.05) is 21.9 Å². The molecule has 4 heteroatoms. The predicted molar refractivity (Wildman–Crippen MR) is 204 cm³/mol. The summed E-state index contributed by atoms with van der Waals surface area (Å²) in [6.45, 7) is 0. The van der Waals surface area contributed by atoms with Crippen molar-refractivity contribution in [1.82, 2.24) is 5.32 Å². The molecule has 0 amide bonds. The molecule has 0 saturated carbocycles. The molecule has 230 valence electrons. The number of nitrogens with one attached hydrogen (secondary N) is 1. The lowest BCUT2D eigenvalue weighted by atomic mass is 9.99. The standard InChI is InChI=1S/C45H29N3O/c1-4-11-31-24-34(19-16-28(31)8-1)35-22-23-38-41(27-35)49-40-15-7-14-39(42(38)40)45-47-43(36-20-17-29-9-2-5-12-32(29)25-36)46-44(48-45)37-21-18-30-10-3-6-13-33(30)26-37/h1-27,43H,(H,46,47,48). The minimum atomic E-state index is -0.327. The van der Waals surface area contributed by atoms with Gasteiger partial charge in [-0.25, -0.2) is 9.98 Å². The average Bonchev–Trinajstić information content (AvgIpc) is 3.55. The van der Waals surface area contributed by atoms with E-state index >= 15 is 0 Å². The van der Waals surface area contributed by atoms with Crippen molar-refractivity contribution in [3.05, 3.63) is 180 Å². The zero-order chi connectivity index (χ0) is 32.3. The van der Waals surface area contributed by atoms with Crippen LogP contribution < -0.4 is 5.32 Å². The number of furan rings is 1. The van der Waals surface area contributed by atoms with E-state index in [1.165, 1.54) is 26.9 Å². The van der Waals surface area contributed by atoms with E-state index in [1.807, 2.05) is 12.1 Å². The van der Waals surface area contributed by atoms with E-state index in [1.54, 1.807) is 0 Å². The highest BCUT2D eigenvalue weighted by atomic mass is 16.3. The van der Waals surface area contributed by atoms with Crippen LogP contribution in [0.5, 0.6) is 0 Å².